The summed E-state index contributed by atoms with van der Waals surface area (Å²) in [6, 6.07) is 10.2. The van der Waals surface area contributed by atoms with Crippen LogP contribution in [0.4, 0.5) is 30.7 Å². The maximum Gasteiger partial charge on any atom is 0.458 e. The normalized spacial score (nSPS) is 10.8. The zero-order chi connectivity index (χ0) is 24.2. The van der Waals surface area contributed by atoms with Gasteiger partial charge in [0.25, 0.3) is 0 Å². The Labute approximate surface area is 186 Å². The first-order valence-corrected chi connectivity index (χ1v) is 9.76. The second kappa shape index (κ2) is 9.83. The van der Waals surface area contributed by atoms with E-state index in [0.717, 1.165) is 36.5 Å². The molecule has 0 amide bonds. The molecule has 0 N–H and O–H groups in total. The van der Waals surface area contributed by atoms with Crippen molar-refractivity contribution in [2.24, 2.45) is 0 Å². The van der Waals surface area contributed by atoms with E-state index in [-0.39, 0.29) is 5.56 Å². The van der Waals surface area contributed by atoms with Gasteiger partial charge in [0.1, 0.15) is 23.3 Å². The number of alkyl halides is 3. The Morgan fingerprint density at radius 3 is 1.76 bits per heavy atom. The molecule has 0 aromatic heterocycles. The summed E-state index contributed by atoms with van der Waals surface area (Å²) in [5.74, 6) is 2.30. The van der Waals surface area contributed by atoms with Gasteiger partial charge >= 0.3 is 6.18 Å². The maximum atomic E-state index is 14.6. The van der Waals surface area contributed by atoms with E-state index >= 15 is 0 Å². The smallest absolute Gasteiger partial charge is 0.206 e. The lowest BCUT2D eigenvalue weighted by Gasteiger charge is -2.08. The highest BCUT2D eigenvalue weighted by atomic mass is 19.4. The largest absolute Gasteiger partial charge is 0.458 e. The predicted molar refractivity (Wildman–Crippen MR) is 111 cm³/mol. The van der Waals surface area contributed by atoms with Crippen LogP contribution in [-0.4, -0.2) is 6.18 Å². The quantitative estimate of drug-likeness (QED) is 0.287. The van der Waals surface area contributed by atoms with Crippen LogP contribution in [0.2, 0.25) is 0 Å². The lowest BCUT2D eigenvalue weighted by molar-refractivity contribution is -0.0696. The lowest BCUT2D eigenvalue weighted by Crippen LogP contribution is -2.03. The standard InChI is InChI=1S/C26H15F7/c1-2-3-16-4-6-17(7-5-16)8-9-18-12-23(29)25(24(30)13-18)19-14-21(27)20(22(28)15-19)10-11-26(31,32)33/h4-7,12-15H,2-3H2,1H3. The number of hydrogen-bond donors (Lipinski definition) is 0. The molecule has 0 aliphatic carbocycles. The second-order valence-electron chi connectivity index (χ2n) is 7.07. The third-order valence-corrected chi connectivity index (χ3v) is 4.55. The summed E-state index contributed by atoms with van der Waals surface area (Å²) in [4.78, 5) is 0. The molecule has 0 saturated heterocycles. The number of benzene rings is 3. The Hall–Kier alpha value is -3.71. The molecule has 7 heteroatoms. The Bertz CT molecular complexity index is 1250. The van der Waals surface area contributed by atoms with Gasteiger partial charge in [-0.3, -0.25) is 0 Å². The SMILES string of the molecule is CCCc1ccc(C#Cc2cc(F)c(-c3cc(F)c(C#CC(F)(F)F)c(F)c3)c(F)c2)cc1. The van der Waals surface area contributed by atoms with Gasteiger partial charge in [-0.25, -0.2) is 17.6 Å². The molecular formula is C26H15F7. The van der Waals surface area contributed by atoms with Crippen LogP contribution in [-0.2, 0) is 6.42 Å². The van der Waals surface area contributed by atoms with Gasteiger partial charge in [0, 0.05) is 17.0 Å². The molecule has 0 fully saturated rings. The highest BCUT2D eigenvalue weighted by Crippen LogP contribution is 2.30. The van der Waals surface area contributed by atoms with Crippen LogP contribution in [0.15, 0.2) is 48.5 Å². The van der Waals surface area contributed by atoms with E-state index in [4.69, 9.17) is 0 Å². The van der Waals surface area contributed by atoms with Gasteiger partial charge in [0.2, 0.25) is 0 Å². The van der Waals surface area contributed by atoms with E-state index in [1.165, 1.54) is 5.92 Å². The highest BCUT2D eigenvalue weighted by Gasteiger charge is 2.24. The van der Waals surface area contributed by atoms with Crippen LogP contribution < -0.4 is 0 Å². The number of hydrogen-bond acceptors (Lipinski definition) is 0. The predicted octanol–water partition coefficient (Wildman–Crippen LogP) is 7.18. The summed E-state index contributed by atoms with van der Waals surface area (Å²) in [7, 11) is 0. The van der Waals surface area contributed by atoms with Gasteiger partial charge < -0.3 is 0 Å². The minimum Gasteiger partial charge on any atom is -0.206 e. The molecule has 0 nitrogen and oxygen atoms in total. The summed E-state index contributed by atoms with van der Waals surface area (Å²) < 4.78 is 94.0. The Kier molecular flexibility index (Phi) is 7.13. The van der Waals surface area contributed by atoms with Crippen molar-refractivity contribution >= 4 is 0 Å². The Morgan fingerprint density at radius 2 is 1.24 bits per heavy atom. The molecule has 0 aliphatic heterocycles. The van der Waals surface area contributed by atoms with Crippen molar-refractivity contribution in [2.45, 2.75) is 25.9 Å². The summed E-state index contributed by atoms with van der Waals surface area (Å²) in [5.41, 5.74) is -0.635. The average Bonchev–Trinajstić information content (AvgIpc) is 2.71. The van der Waals surface area contributed by atoms with Crippen molar-refractivity contribution < 1.29 is 30.7 Å². The average molecular weight is 460 g/mol. The second-order valence-corrected chi connectivity index (χ2v) is 7.07. The molecule has 0 unspecified atom stereocenters. The van der Waals surface area contributed by atoms with E-state index in [1.54, 1.807) is 12.1 Å². The van der Waals surface area contributed by atoms with Gasteiger partial charge in [-0.2, -0.15) is 13.2 Å². The Morgan fingerprint density at radius 1 is 0.697 bits per heavy atom. The maximum absolute atomic E-state index is 14.6. The molecular weight excluding hydrogens is 445 g/mol. The fourth-order valence-corrected chi connectivity index (χ4v) is 3.08. The molecule has 33 heavy (non-hydrogen) atoms. The van der Waals surface area contributed by atoms with Crippen molar-refractivity contribution in [3.8, 4) is 34.8 Å². The zero-order valence-corrected chi connectivity index (χ0v) is 17.2. The third kappa shape index (κ3) is 6.17. The molecule has 0 aliphatic rings. The minimum atomic E-state index is -4.95. The molecule has 168 valence electrons. The molecule has 0 heterocycles. The van der Waals surface area contributed by atoms with Crippen LogP contribution in [0.3, 0.4) is 0 Å². The third-order valence-electron chi connectivity index (χ3n) is 4.55. The van der Waals surface area contributed by atoms with Crippen LogP contribution in [0.1, 0.15) is 35.6 Å². The monoisotopic (exact) mass is 460 g/mol. The summed E-state index contributed by atoms with van der Waals surface area (Å²) in [6.45, 7) is 2.06. The fourth-order valence-electron chi connectivity index (χ4n) is 3.08. The molecule has 0 atom stereocenters. The first-order valence-electron chi connectivity index (χ1n) is 9.76. The number of halogens is 7. The van der Waals surface area contributed by atoms with E-state index in [1.807, 2.05) is 12.1 Å². The first-order chi connectivity index (χ1) is 15.6. The van der Waals surface area contributed by atoms with Gasteiger partial charge in [-0.1, -0.05) is 43.2 Å². The highest BCUT2D eigenvalue weighted by molar-refractivity contribution is 5.67. The fraction of sp³-hybridized carbons (Fsp3) is 0.154. The van der Waals surface area contributed by atoms with E-state index in [9.17, 15) is 30.7 Å². The first kappa shape index (κ1) is 23.9. The minimum absolute atomic E-state index is 0.00000683. The number of rotatable bonds is 3. The molecule has 0 bridgehead atoms. The van der Waals surface area contributed by atoms with Crippen molar-refractivity contribution in [1.82, 2.24) is 0 Å². The van der Waals surface area contributed by atoms with Crippen molar-refractivity contribution in [3.05, 3.63) is 94.1 Å². The lowest BCUT2D eigenvalue weighted by atomic mass is 10.00. The summed E-state index contributed by atoms with van der Waals surface area (Å²) in [6.07, 6.45) is -3.04. The molecule has 3 aromatic rings. The van der Waals surface area contributed by atoms with Gasteiger partial charge in [0.05, 0.1) is 11.1 Å². The summed E-state index contributed by atoms with van der Waals surface area (Å²) in [5, 5.41) is 0. The Balaban J connectivity index is 1.93. The molecule has 0 spiro atoms. The topological polar surface area (TPSA) is 0 Å². The molecule has 3 aromatic carbocycles. The van der Waals surface area contributed by atoms with E-state index in [0.29, 0.717) is 17.7 Å². The van der Waals surface area contributed by atoms with Crippen molar-refractivity contribution in [1.29, 1.82) is 0 Å². The molecule has 0 saturated carbocycles. The van der Waals surface area contributed by atoms with Gasteiger partial charge in [-0.15, -0.1) is 0 Å². The van der Waals surface area contributed by atoms with Crippen molar-refractivity contribution in [3.63, 3.8) is 0 Å². The van der Waals surface area contributed by atoms with Gasteiger partial charge in [0.15, 0.2) is 0 Å². The van der Waals surface area contributed by atoms with Crippen LogP contribution in [0.5, 0.6) is 0 Å². The van der Waals surface area contributed by atoms with Crippen LogP contribution >= 0.6 is 0 Å². The molecule has 0 radical (unpaired) electrons. The molecule has 3 rings (SSSR count). The van der Waals surface area contributed by atoms with E-state index < -0.39 is 46.1 Å². The van der Waals surface area contributed by atoms with Crippen LogP contribution in [0.25, 0.3) is 11.1 Å². The number of aryl methyl sites for hydroxylation is 1. The summed E-state index contributed by atoms with van der Waals surface area (Å²) >= 11 is 0. The van der Waals surface area contributed by atoms with Gasteiger partial charge in [-0.05, 0) is 53.9 Å². The zero-order valence-electron chi connectivity index (χ0n) is 17.2. The van der Waals surface area contributed by atoms with E-state index in [2.05, 4.69) is 18.8 Å². The van der Waals surface area contributed by atoms with Crippen molar-refractivity contribution in [2.75, 3.05) is 0 Å². The van der Waals surface area contributed by atoms with Crippen LogP contribution in [0, 0.1) is 47.0 Å².